The van der Waals surface area contributed by atoms with Gasteiger partial charge in [-0.3, -0.25) is 5.41 Å². The molecular weight excluding hydrogens is 123 g/mol. The fraction of sp³-hybridized carbons (Fsp3) is 0.500. The molecule has 0 aliphatic carbocycles. The monoisotopic (exact) mass is 130 g/mol. The van der Waals surface area contributed by atoms with Gasteiger partial charge in [0.1, 0.15) is 5.84 Å². The van der Waals surface area contributed by atoms with Gasteiger partial charge in [-0.15, -0.1) is 0 Å². The van der Waals surface area contributed by atoms with E-state index in [1.165, 1.54) is 0 Å². The van der Waals surface area contributed by atoms with E-state index in [0.29, 0.717) is 12.3 Å². The molecule has 0 amide bonds. The zero-order chi connectivity index (χ0) is 6.85. The molecule has 5 heteroatoms. The maximum absolute atomic E-state index is 12.2. The minimum atomic E-state index is -0.404. The minimum Gasteiger partial charge on any atom is -0.387 e. The zero-order valence-electron chi connectivity index (χ0n) is 4.76. The third-order valence-corrected chi connectivity index (χ3v) is 1.04. The summed E-state index contributed by atoms with van der Waals surface area (Å²) in [6.45, 7) is 0.147. The molecule has 0 aromatic carbocycles. The molecule has 0 spiro atoms. The topological polar surface area (TPSA) is 65.5 Å². The molecule has 9 heavy (non-hydrogen) atoms. The summed E-state index contributed by atoms with van der Waals surface area (Å²) in [6, 6.07) is 0. The molecule has 1 aliphatic rings. The van der Waals surface area contributed by atoms with Gasteiger partial charge in [0.2, 0.25) is 5.96 Å². The number of nitrogens with one attached hydrogen (secondary N) is 1. The second kappa shape index (κ2) is 2.00. The molecule has 0 bridgehead atoms. The van der Waals surface area contributed by atoms with E-state index in [1.807, 2.05) is 0 Å². The second-order valence-corrected chi connectivity index (χ2v) is 1.76. The van der Waals surface area contributed by atoms with Crippen LogP contribution in [-0.2, 0) is 0 Å². The highest BCUT2D eigenvalue weighted by Gasteiger charge is 2.13. The summed E-state index contributed by atoms with van der Waals surface area (Å²) in [5.41, 5.74) is 5.20. The number of hydrogen-bond donors (Lipinski definition) is 2. The quantitative estimate of drug-likeness (QED) is 0.448. The van der Waals surface area contributed by atoms with Crippen LogP contribution in [0, 0.1) is 5.41 Å². The van der Waals surface area contributed by atoms with Crippen LogP contribution in [-0.4, -0.2) is 23.5 Å². The number of rotatable bonds is 0. The molecule has 0 aromatic heterocycles. The van der Waals surface area contributed by atoms with Crippen LogP contribution < -0.4 is 5.73 Å². The third-order valence-electron chi connectivity index (χ3n) is 1.04. The Morgan fingerprint density at radius 3 is 2.89 bits per heavy atom. The first-order valence-corrected chi connectivity index (χ1v) is 2.55. The summed E-state index contributed by atoms with van der Waals surface area (Å²) >= 11 is 0. The summed E-state index contributed by atoms with van der Waals surface area (Å²) in [7, 11) is 0. The highest BCUT2D eigenvalue weighted by Crippen LogP contribution is 2.01. The van der Waals surface area contributed by atoms with E-state index >= 15 is 0 Å². The zero-order valence-corrected chi connectivity index (χ0v) is 4.76. The van der Waals surface area contributed by atoms with Crippen molar-refractivity contribution in [2.75, 3.05) is 6.54 Å². The van der Waals surface area contributed by atoms with Crippen LogP contribution in [0.25, 0.3) is 0 Å². The molecule has 0 fully saturated rings. The van der Waals surface area contributed by atoms with Crippen molar-refractivity contribution in [3.05, 3.63) is 0 Å². The summed E-state index contributed by atoms with van der Waals surface area (Å²) in [6.07, 6.45) is 0.402. The lowest BCUT2D eigenvalue weighted by molar-refractivity contribution is 0.119. The van der Waals surface area contributed by atoms with Crippen molar-refractivity contribution in [1.82, 2.24) is 5.12 Å². The summed E-state index contributed by atoms with van der Waals surface area (Å²) in [5.74, 6) is -0.0762. The normalized spacial score (nSPS) is 19.9. The lowest BCUT2D eigenvalue weighted by Gasteiger charge is -2.15. The Labute approximate surface area is 51.6 Å². The van der Waals surface area contributed by atoms with Crippen LogP contribution in [0.5, 0.6) is 0 Å². The van der Waals surface area contributed by atoms with Gasteiger partial charge in [-0.1, -0.05) is 4.48 Å². The molecule has 1 rings (SSSR count). The lowest BCUT2D eigenvalue weighted by Crippen LogP contribution is -2.32. The molecule has 0 radical (unpaired) electrons. The predicted octanol–water partition coefficient (Wildman–Crippen LogP) is -0.131. The summed E-state index contributed by atoms with van der Waals surface area (Å²) in [4.78, 5) is 3.39. The van der Waals surface area contributed by atoms with Gasteiger partial charge in [0.15, 0.2) is 0 Å². The Kier molecular flexibility index (Phi) is 1.33. The van der Waals surface area contributed by atoms with Gasteiger partial charge in [-0.25, -0.2) is 0 Å². The standard InChI is InChI=1S/C4H7FN4/c5-9-2-1-3(6)8-4(9)7/h1-2H2,(H3,6,7,8). The van der Waals surface area contributed by atoms with Gasteiger partial charge < -0.3 is 5.73 Å². The Balaban J connectivity index is 2.70. The first-order valence-electron chi connectivity index (χ1n) is 2.55. The average molecular weight is 130 g/mol. The number of hydrogen-bond acceptors (Lipinski definition) is 2. The van der Waals surface area contributed by atoms with Gasteiger partial charge in [0, 0.05) is 6.42 Å². The van der Waals surface area contributed by atoms with Gasteiger partial charge in [0.25, 0.3) is 0 Å². The third kappa shape index (κ3) is 1.16. The van der Waals surface area contributed by atoms with Crippen molar-refractivity contribution in [3.63, 3.8) is 0 Å². The molecule has 1 aliphatic heterocycles. The van der Waals surface area contributed by atoms with E-state index in [1.54, 1.807) is 0 Å². The van der Waals surface area contributed by atoms with Crippen molar-refractivity contribution < 1.29 is 4.48 Å². The van der Waals surface area contributed by atoms with Crippen molar-refractivity contribution in [2.45, 2.75) is 6.42 Å². The van der Waals surface area contributed by atoms with Crippen molar-refractivity contribution >= 4 is 11.8 Å². The maximum Gasteiger partial charge on any atom is 0.248 e. The average Bonchev–Trinajstić information content (AvgIpc) is 1.80. The molecule has 0 saturated heterocycles. The second-order valence-electron chi connectivity index (χ2n) is 1.76. The van der Waals surface area contributed by atoms with E-state index in [9.17, 15) is 4.48 Å². The van der Waals surface area contributed by atoms with Crippen molar-refractivity contribution in [1.29, 1.82) is 5.41 Å². The highest BCUT2D eigenvalue weighted by atomic mass is 19.2. The van der Waals surface area contributed by atoms with E-state index in [2.05, 4.69) is 4.99 Å². The number of nitrogens with two attached hydrogens (primary N) is 1. The molecule has 0 unspecified atom stereocenters. The molecule has 50 valence electrons. The first kappa shape index (κ1) is 6.00. The van der Waals surface area contributed by atoms with Crippen LogP contribution in [0.15, 0.2) is 4.99 Å². The summed E-state index contributed by atoms with van der Waals surface area (Å²) < 4.78 is 12.2. The molecule has 4 nitrogen and oxygen atoms in total. The van der Waals surface area contributed by atoms with Crippen LogP contribution in [0.3, 0.4) is 0 Å². The lowest BCUT2D eigenvalue weighted by atomic mass is 10.3. The van der Waals surface area contributed by atoms with E-state index in [0.717, 1.165) is 0 Å². The van der Waals surface area contributed by atoms with Crippen LogP contribution in [0.2, 0.25) is 0 Å². The Hall–Kier alpha value is -1.13. The van der Waals surface area contributed by atoms with Gasteiger partial charge >= 0.3 is 0 Å². The number of halogens is 1. The maximum atomic E-state index is 12.2. The van der Waals surface area contributed by atoms with Crippen molar-refractivity contribution in [2.24, 2.45) is 10.7 Å². The van der Waals surface area contributed by atoms with Gasteiger partial charge in [-0.05, 0) is 0 Å². The molecule has 0 saturated carbocycles. The molecule has 0 atom stereocenters. The fourth-order valence-corrected chi connectivity index (χ4v) is 0.565. The Morgan fingerprint density at radius 2 is 2.44 bits per heavy atom. The molecule has 0 aromatic rings. The number of amidine groups is 1. The highest BCUT2D eigenvalue weighted by molar-refractivity contribution is 5.95. The minimum absolute atomic E-state index is 0.147. The largest absolute Gasteiger partial charge is 0.387 e. The molecule has 1 heterocycles. The van der Waals surface area contributed by atoms with Crippen LogP contribution in [0.1, 0.15) is 6.42 Å². The van der Waals surface area contributed by atoms with Gasteiger partial charge in [-0.2, -0.15) is 10.1 Å². The molecular formula is C4H7FN4. The van der Waals surface area contributed by atoms with Crippen LogP contribution >= 0.6 is 0 Å². The van der Waals surface area contributed by atoms with Gasteiger partial charge in [0.05, 0.1) is 6.54 Å². The van der Waals surface area contributed by atoms with Crippen LogP contribution in [0.4, 0.5) is 4.48 Å². The predicted molar refractivity (Wildman–Crippen MR) is 31.8 cm³/mol. The van der Waals surface area contributed by atoms with E-state index < -0.39 is 5.96 Å². The number of guanidine groups is 1. The SMILES string of the molecule is N=C1N=C(N)CCN1F. The fourth-order valence-electron chi connectivity index (χ4n) is 0.565. The molecule has 3 N–H and O–H groups in total. The summed E-state index contributed by atoms with van der Waals surface area (Å²) in [5, 5.41) is 7.07. The van der Waals surface area contributed by atoms with Crippen molar-refractivity contribution in [3.8, 4) is 0 Å². The van der Waals surface area contributed by atoms with E-state index in [-0.39, 0.29) is 11.7 Å². The smallest absolute Gasteiger partial charge is 0.248 e. The number of nitrogens with zero attached hydrogens (tertiary/aromatic N) is 2. The number of aliphatic imine (C=N–C) groups is 1. The van der Waals surface area contributed by atoms with E-state index in [4.69, 9.17) is 11.1 Å². The Bertz CT molecular complexity index is 164. The Morgan fingerprint density at radius 1 is 1.78 bits per heavy atom. The first-order chi connectivity index (χ1) is 4.20.